The molecule has 0 radical (unpaired) electrons. The quantitative estimate of drug-likeness (QED) is 0.878. The highest BCUT2D eigenvalue weighted by atomic mass is 32.2. The number of nitrogens with zero attached hydrogens (tertiary/aromatic N) is 1. The largest absolute Gasteiger partial charge is 0.312 e. The number of fused-ring (bicyclic) bond motifs is 1. The Morgan fingerprint density at radius 2 is 1.88 bits per heavy atom. The van der Waals surface area contributed by atoms with Gasteiger partial charge in [-0.15, -0.1) is 0 Å². The Morgan fingerprint density at radius 3 is 2.54 bits per heavy atom. The summed E-state index contributed by atoms with van der Waals surface area (Å²) in [5, 5.41) is 0. The van der Waals surface area contributed by atoms with Crippen LogP contribution in [0.4, 0.5) is 11.4 Å². The van der Waals surface area contributed by atoms with E-state index in [0.29, 0.717) is 12.2 Å². The molecule has 0 bridgehead atoms. The van der Waals surface area contributed by atoms with Crippen molar-refractivity contribution in [1.29, 1.82) is 0 Å². The zero-order chi connectivity index (χ0) is 18.3. The van der Waals surface area contributed by atoms with E-state index in [9.17, 15) is 13.2 Å². The normalized spacial score (nSPS) is 16.4. The van der Waals surface area contributed by atoms with Crippen LogP contribution in [0, 0.1) is 5.92 Å². The number of hydrogen-bond donors (Lipinski definition) is 1. The molecule has 0 unspecified atom stereocenters. The van der Waals surface area contributed by atoms with Gasteiger partial charge in [0, 0.05) is 18.2 Å². The first-order chi connectivity index (χ1) is 12.5. The van der Waals surface area contributed by atoms with Crippen LogP contribution in [0.2, 0.25) is 0 Å². The van der Waals surface area contributed by atoms with E-state index in [1.54, 1.807) is 29.2 Å². The lowest BCUT2D eigenvalue weighted by atomic mass is 10.1. The van der Waals surface area contributed by atoms with E-state index in [0.717, 1.165) is 42.5 Å². The van der Waals surface area contributed by atoms with Crippen LogP contribution in [0.3, 0.4) is 0 Å². The van der Waals surface area contributed by atoms with Crippen LogP contribution in [0.15, 0.2) is 47.4 Å². The van der Waals surface area contributed by atoms with Crippen molar-refractivity contribution in [3.63, 3.8) is 0 Å². The summed E-state index contributed by atoms with van der Waals surface area (Å²) < 4.78 is 27.9. The molecule has 1 aliphatic carbocycles. The van der Waals surface area contributed by atoms with Crippen LogP contribution in [-0.2, 0) is 27.7 Å². The summed E-state index contributed by atoms with van der Waals surface area (Å²) in [4.78, 5) is 14.5. The monoisotopic (exact) mass is 370 g/mol. The lowest BCUT2D eigenvalue weighted by molar-refractivity contribution is -0.119. The van der Waals surface area contributed by atoms with Gasteiger partial charge in [-0.2, -0.15) is 0 Å². The van der Waals surface area contributed by atoms with Crippen LogP contribution in [-0.4, -0.2) is 20.9 Å². The smallest absolute Gasteiger partial charge is 0.261 e. The fourth-order valence-corrected chi connectivity index (χ4v) is 4.39. The second kappa shape index (κ2) is 6.43. The Balaban J connectivity index is 1.58. The zero-order valence-electron chi connectivity index (χ0n) is 14.7. The Kier molecular flexibility index (Phi) is 4.23. The molecule has 2 aromatic rings. The van der Waals surface area contributed by atoms with Crippen LogP contribution in [0.25, 0.3) is 0 Å². The van der Waals surface area contributed by atoms with Gasteiger partial charge in [-0.1, -0.05) is 25.1 Å². The number of carbonyl (C=O) groups is 1. The summed E-state index contributed by atoms with van der Waals surface area (Å²) in [7, 11) is -3.65. The number of hydrogen-bond acceptors (Lipinski definition) is 3. The fourth-order valence-electron chi connectivity index (χ4n) is 3.34. The number of nitrogens with one attached hydrogen (secondary N) is 1. The maximum atomic E-state index is 12.6. The summed E-state index contributed by atoms with van der Waals surface area (Å²) in [6.45, 7) is 2.71. The minimum absolute atomic E-state index is 0.151. The van der Waals surface area contributed by atoms with Gasteiger partial charge in [0.2, 0.25) is 5.91 Å². The maximum Gasteiger partial charge on any atom is 0.261 e. The molecule has 0 saturated heterocycles. The molecule has 1 heterocycles. The number of anilines is 2. The second-order valence-electron chi connectivity index (χ2n) is 6.96. The highest BCUT2D eigenvalue weighted by molar-refractivity contribution is 7.92. The third-order valence-corrected chi connectivity index (χ3v) is 6.46. The Morgan fingerprint density at radius 1 is 1.15 bits per heavy atom. The molecule has 5 nitrogen and oxygen atoms in total. The molecule has 6 heteroatoms. The van der Waals surface area contributed by atoms with Crippen molar-refractivity contribution in [3.8, 4) is 0 Å². The van der Waals surface area contributed by atoms with Crippen LogP contribution in [0.1, 0.15) is 30.9 Å². The first kappa shape index (κ1) is 17.1. The topological polar surface area (TPSA) is 66.5 Å². The predicted octanol–water partition coefficient (Wildman–Crippen LogP) is 3.35. The first-order valence-corrected chi connectivity index (χ1v) is 10.5. The molecule has 1 amide bonds. The molecule has 2 aliphatic rings. The molecular weight excluding hydrogens is 348 g/mol. The molecule has 26 heavy (non-hydrogen) atoms. The van der Waals surface area contributed by atoms with Crippen molar-refractivity contribution < 1.29 is 13.2 Å². The molecule has 1 aliphatic heterocycles. The van der Waals surface area contributed by atoms with Crippen molar-refractivity contribution >= 4 is 27.3 Å². The Labute approximate surface area is 154 Å². The summed E-state index contributed by atoms with van der Waals surface area (Å²) >= 11 is 0. The SMILES string of the molecule is CCc1ccc(S(=O)(=O)Nc2ccc3c(c2)N(C(=O)C2CC2)CC3)cc1. The van der Waals surface area contributed by atoms with Crippen molar-refractivity contribution in [2.45, 2.75) is 37.5 Å². The molecule has 1 N–H and O–H groups in total. The molecule has 0 aromatic heterocycles. The number of aryl methyl sites for hydroxylation is 1. The lowest BCUT2D eigenvalue weighted by Crippen LogP contribution is -2.30. The summed E-state index contributed by atoms with van der Waals surface area (Å²) in [5.74, 6) is 0.317. The number of benzene rings is 2. The fraction of sp³-hybridized carbons (Fsp3) is 0.350. The average Bonchev–Trinajstić information content (AvgIpc) is 3.41. The minimum atomic E-state index is -3.65. The third kappa shape index (κ3) is 3.21. The van der Waals surface area contributed by atoms with Gasteiger partial charge in [0.15, 0.2) is 0 Å². The molecule has 4 rings (SSSR count). The van der Waals surface area contributed by atoms with E-state index in [1.165, 1.54) is 0 Å². The van der Waals surface area contributed by atoms with Gasteiger partial charge in [-0.3, -0.25) is 9.52 Å². The summed E-state index contributed by atoms with van der Waals surface area (Å²) in [6.07, 6.45) is 3.61. The van der Waals surface area contributed by atoms with Gasteiger partial charge in [0.05, 0.1) is 10.6 Å². The van der Waals surface area contributed by atoms with Gasteiger partial charge < -0.3 is 4.90 Å². The minimum Gasteiger partial charge on any atom is -0.312 e. The Bertz CT molecular complexity index is 948. The van der Waals surface area contributed by atoms with E-state index in [1.807, 2.05) is 25.1 Å². The van der Waals surface area contributed by atoms with Gasteiger partial charge in [-0.25, -0.2) is 8.42 Å². The third-order valence-electron chi connectivity index (χ3n) is 5.07. The van der Waals surface area contributed by atoms with Gasteiger partial charge in [0.1, 0.15) is 0 Å². The van der Waals surface area contributed by atoms with Gasteiger partial charge in [-0.05, 0) is 61.1 Å². The molecule has 136 valence electrons. The van der Waals surface area contributed by atoms with E-state index < -0.39 is 10.0 Å². The number of sulfonamides is 1. The van der Waals surface area contributed by atoms with E-state index in [-0.39, 0.29) is 16.7 Å². The summed E-state index contributed by atoms with van der Waals surface area (Å²) in [6, 6.07) is 12.4. The first-order valence-electron chi connectivity index (χ1n) is 9.04. The highest BCUT2D eigenvalue weighted by Crippen LogP contribution is 2.37. The van der Waals surface area contributed by atoms with Crippen molar-refractivity contribution in [1.82, 2.24) is 0 Å². The second-order valence-corrected chi connectivity index (χ2v) is 8.64. The van der Waals surface area contributed by atoms with E-state index >= 15 is 0 Å². The molecule has 1 saturated carbocycles. The van der Waals surface area contributed by atoms with Crippen LogP contribution >= 0.6 is 0 Å². The highest BCUT2D eigenvalue weighted by Gasteiger charge is 2.36. The molecule has 0 spiro atoms. The standard InChI is InChI=1S/C20H22N2O3S/c1-2-14-3-9-18(10-4-14)26(24,25)21-17-8-7-15-11-12-22(19(15)13-17)20(23)16-5-6-16/h3-4,7-10,13,16,21H,2,5-6,11-12H2,1H3. The summed E-state index contributed by atoms with van der Waals surface area (Å²) in [5.41, 5.74) is 3.51. The molecular formula is C20H22N2O3S. The maximum absolute atomic E-state index is 12.6. The van der Waals surface area contributed by atoms with E-state index in [4.69, 9.17) is 0 Å². The molecule has 1 fully saturated rings. The predicted molar refractivity (Wildman–Crippen MR) is 102 cm³/mol. The lowest BCUT2D eigenvalue weighted by Gasteiger charge is -2.18. The number of carbonyl (C=O) groups excluding carboxylic acids is 1. The van der Waals surface area contributed by atoms with Gasteiger partial charge in [0.25, 0.3) is 10.0 Å². The molecule has 0 atom stereocenters. The van der Waals surface area contributed by atoms with Crippen molar-refractivity contribution in [3.05, 3.63) is 53.6 Å². The van der Waals surface area contributed by atoms with Crippen LogP contribution < -0.4 is 9.62 Å². The van der Waals surface area contributed by atoms with Crippen molar-refractivity contribution in [2.24, 2.45) is 5.92 Å². The Hall–Kier alpha value is -2.34. The van der Waals surface area contributed by atoms with Crippen LogP contribution in [0.5, 0.6) is 0 Å². The average molecular weight is 370 g/mol. The van der Waals surface area contributed by atoms with E-state index in [2.05, 4.69) is 4.72 Å². The number of rotatable bonds is 5. The van der Waals surface area contributed by atoms with Gasteiger partial charge >= 0.3 is 0 Å². The van der Waals surface area contributed by atoms with Crippen molar-refractivity contribution in [2.75, 3.05) is 16.2 Å². The number of amides is 1. The zero-order valence-corrected chi connectivity index (χ0v) is 15.6. The molecule has 2 aromatic carbocycles.